The van der Waals surface area contributed by atoms with E-state index < -0.39 is 0 Å². The first-order valence-electron chi connectivity index (χ1n) is 11.3. The molecule has 0 bridgehead atoms. The number of hydrazone groups is 1. The molecule has 1 saturated heterocycles. The summed E-state index contributed by atoms with van der Waals surface area (Å²) >= 11 is 3.59. The molecular weight excluding hydrogens is 514 g/mol. The van der Waals surface area contributed by atoms with Crippen LogP contribution in [0, 0.1) is 6.92 Å². The van der Waals surface area contributed by atoms with Gasteiger partial charge in [0, 0.05) is 17.6 Å². The molecule has 0 atom stereocenters. The fourth-order valence-corrected chi connectivity index (χ4v) is 4.01. The highest BCUT2D eigenvalue weighted by Crippen LogP contribution is 2.28. The topological polar surface area (TPSA) is 106 Å². The summed E-state index contributed by atoms with van der Waals surface area (Å²) < 4.78 is 17.4. The number of halogens is 1. The zero-order valence-electron chi connectivity index (χ0n) is 19.9. The minimum Gasteiger partial charge on any atom is -0.493 e. The number of hydrogen-bond acceptors (Lipinski definition) is 10. The average Bonchev–Trinajstić information content (AvgIpc) is 2.87. The monoisotopic (exact) mass is 541 g/mol. The lowest BCUT2D eigenvalue weighted by atomic mass is 10.2. The van der Waals surface area contributed by atoms with E-state index in [1.807, 2.05) is 50.2 Å². The predicted octanol–water partition coefficient (Wildman–Crippen LogP) is 4.38. The second-order valence-corrected chi connectivity index (χ2v) is 8.56. The van der Waals surface area contributed by atoms with Crippen LogP contribution in [0.25, 0.3) is 0 Å². The zero-order valence-corrected chi connectivity index (χ0v) is 21.5. The third-order valence-electron chi connectivity index (χ3n) is 5.15. The molecule has 0 saturated carbocycles. The van der Waals surface area contributed by atoms with Crippen molar-refractivity contribution in [2.45, 2.75) is 13.8 Å². The number of aryl methyl sites for hydroxylation is 1. The maximum absolute atomic E-state index is 5.57. The van der Waals surface area contributed by atoms with Gasteiger partial charge in [0.2, 0.25) is 17.8 Å². The van der Waals surface area contributed by atoms with Crippen molar-refractivity contribution in [3.05, 3.63) is 52.0 Å². The SMILES string of the molecule is CCOc1ccc(C=NNc2nc(Nc3ccc(C)cc3Br)nc(N3CCOCC3)n2)cc1OC. The van der Waals surface area contributed by atoms with Crippen LogP contribution in [0.1, 0.15) is 18.1 Å². The molecule has 3 aromatic rings. The van der Waals surface area contributed by atoms with Crippen molar-refractivity contribution in [2.75, 3.05) is 55.7 Å². The summed E-state index contributed by atoms with van der Waals surface area (Å²) in [6.07, 6.45) is 1.67. The van der Waals surface area contributed by atoms with Crippen LogP contribution >= 0.6 is 15.9 Å². The largest absolute Gasteiger partial charge is 0.493 e. The Hall–Kier alpha value is -3.44. The molecule has 2 aromatic carbocycles. The number of methoxy groups -OCH3 is 1. The molecule has 0 spiro atoms. The fraction of sp³-hybridized carbons (Fsp3) is 0.333. The quantitative estimate of drug-likeness (QED) is 0.301. The third kappa shape index (κ3) is 6.58. The first-order chi connectivity index (χ1) is 17.1. The van der Waals surface area contributed by atoms with Crippen LogP contribution in [0.5, 0.6) is 11.5 Å². The van der Waals surface area contributed by atoms with Crippen molar-refractivity contribution >= 4 is 45.7 Å². The van der Waals surface area contributed by atoms with E-state index in [4.69, 9.17) is 14.2 Å². The normalized spacial score (nSPS) is 13.7. The van der Waals surface area contributed by atoms with E-state index in [-0.39, 0.29) is 0 Å². The van der Waals surface area contributed by atoms with Crippen LogP contribution in [-0.2, 0) is 4.74 Å². The van der Waals surface area contributed by atoms with Gasteiger partial charge in [0.25, 0.3) is 0 Å². The Morgan fingerprint density at radius 3 is 2.63 bits per heavy atom. The first kappa shape index (κ1) is 24.7. The van der Waals surface area contributed by atoms with Crippen molar-refractivity contribution in [3.63, 3.8) is 0 Å². The summed E-state index contributed by atoms with van der Waals surface area (Å²) in [4.78, 5) is 15.8. The molecule has 0 unspecified atom stereocenters. The van der Waals surface area contributed by atoms with Gasteiger partial charge in [0.05, 0.1) is 38.8 Å². The van der Waals surface area contributed by atoms with Crippen LogP contribution < -0.4 is 25.1 Å². The second-order valence-electron chi connectivity index (χ2n) is 7.70. The summed E-state index contributed by atoms with van der Waals surface area (Å²) in [5, 5.41) is 7.59. The molecule has 0 amide bonds. The van der Waals surface area contributed by atoms with Gasteiger partial charge < -0.3 is 24.4 Å². The predicted molar refractivity (Wildman–Crippen MR) is 140 cm³/mol. The van der Waals surface area contributed by atoms with Gasteiger partial charge >= 0.3 is 0 Å². The van der Waals surface area contributed by atoms with Gasteiger partial charge in [-0.25, -0.2) is 5.43 Å². The minimum atomic E-state index is 0.321. The van der Waals surface area contributed by atoms with E-state index in [1.54, 1.807) is 13.3 Å². The summed E-state index contributed by atoms with van der Waals surface area (Å²) in [7, 11) is 1.61. The van der Waals surface area contributed by atoms with E-state index in [9.17, 15) is 0 Å². The fourth-order valence-electron chi connectivity index (χ4n) is 3.42. The standard InChI is InChI=1S/C24H28BrN7O3/c1-4-35-20-8-6-17(14-21(20)33-3)15-26-31-23-28-22(27-19-7-5-16(2)13-18(19)25)29-24(30-23)32-9-11-34-12-10-32/h5-8,13-15H,4,9-12H2,1-3H3,(H2,27,28,29,30,31). The number of nitrogens with one attached hydrogen (secondary N) is 2. The third-order valence-corrected chi connectivity index (χ3v) is 5.81. The Morgan fingerprint density at radius 1 is 1.09 bits per heavy atom. The lowest BCUT2D eigenvalue weighted by Crippen LogP contribution is -2.37. The molecule has 0 radical (unpaired) electrons. The summed E-state index contributed by atoms with van der Waals surface area (Å²) in [5.74, 6) is 2.61. The van der Waals surface area contributed by atoms with E-state index in [1.165, 1.54) is 0 Å². The summed E-state index contributed by atoms with van der Waals surface area (Å²) in [5.41, 5.74) is 5.76. The number of hydrogen-bond donors (Lipinski definition) is 2. The van der Waals surface area contributed by atoms with E-state index in [2.05, 4.69) is 51.6 Å². The Balaban J connectivity index is 1.56. The number of morpholine rings is 1. The molecule has 1 aliphatic heterocycles. The summed E-state index contributed by atoms with van der Waals surface area (Å²) in [6, 6.07) is 11.6. The van der Waals surface area contributed by atoms with Crippen molar-refractivity contribution in [1.29, 1.82) is 0 Å². The first-order valence-corrected chi connectivity index (χ1v) is 12.1. The van der Waals surface area contributed by atoms with Crippen molar-refractivity contribution in [3.8, 4) is 11.5 Å². The molecule has 11 heteroatoms. The molecule has 184 valence electrons. The maximum Gasteiger partial charge on any atom is 0.250 e. The van der Waals surface area contributed by atoms with Crippen LogP contribution in [0.15, 0.2) is 46.0 Å². The Morgan fingerprint density at radius 2 is 1.89 bits per heavy atom. The van der Waals surface area contributed by atoms with Crippen LogP contribution in [0.2, 0.25) is 0 Å². The van der Waals surface area contributed by atoms with Crippen molar-refractivity contribution in [2.24, 2.45) is 5.10 Å². The average molecular weight is 542 g/mol. The molecule has 1 aromatic heterocycles. The number of rotatable bonds is 9. The minimum absolute atomic E-state index is 0.321. The van der Waals surface area contributed by atoms with Gasteiger partial charge in [-0.05, 0) is 71.2 Å². The van der Waals surface area contributed by atoms with E-state index in [0.29, 0.717) is 62.3 Å². The molecule has 35 heavy (non-hydrogen) atoms. The second kappa shape index (κ2) is 11.8. The maximum atomic E-state index is 5.57. The van der Waals surface area contributed by atoms with Gasteiger partial charge in [-0.3, -0.25) is 0 Å². The molecule has 2 N–H and O–H groups in total. The van der Waals surface area contributed by atoms with Crippen LogP contribution in [0.3, 0.4) is 0 Å². The van der Waals surface area contributed by atoms with E-state index >= 15 is 0 Å². The number of ether oxygens (including phenoxy) is 3. The molecule has 4 rings (SSSR count). The van der Waals surface area contributed by atoms with Gasteiger partial charge in [0.1, 0.15) is 0 Å². The van der Waals surface area contributed by atoms with Crippen molar-refractivity contribution < 1.29 is 14.2 Å². The number of nitrogens with zero attached hydrogens (tertiary/aromatic N) is 5. The number of anilines is 4. The highest BCUT2D eigenvalue weighted by molar-refractivity contribution is 9.10. The summed E-state index contributed by atoms with van der Waals surface area (Å²) in [6.45, 7) is 7.18. The van der Waals surface area contributed by atoms with Crippen LogP contribution in [0.4, 0.5) is 23.5 Å². The zero-order chi connectivity index (χ0) is 24.6. The number of benzene rings is 2. The Bertz CT molecular complexity index is 1190. The molecule has 0 aliphatic carbocycles. The molecule has 10 nitrogen and oxygen atoms in total. The number of aromatic nitrogens is 3. The van der Waals surface area contributed by atoms with Gasteiger partial charge in [0.15, 0.2) is 11.5 Å². The van der Waals surface area contributed by atoms with E-state index in [0.717, 1.165) is 21.3 Å². The highest BCUT2D eigenvalue weighted by atomic mass is 79.9. The molecule has 1 aliphatic rings. The van der Waals surface area contributed by atoms with Gasteiger partial charge in [-0.1, -0.05) is 6.07 Å². The molecular formula is C24H28BrN7O3. The molecule has 2 heterocycles. The highest BCUT2D eigenvalue weighted by Gasteiger charge is 2.17. The van der Waals surface area contributed by atoms with Gasteiger partial charge in [-0.2, -0.15) is 20.1 Å². The lowest BCUT2D eigenvalue weighted by Gasteiger charge is -2.27. The van der Waals surface area contributed by atoms with Crippen LogP contribution in [-0.4, -0.2) is 61.2 Å². The smallest absolute Gasteiger partial charge is 0.250 e. The molecule has 1 fully saturated rings. The Labute approximate surface area is 212 Å². The van der Waals surface area contributed by atoms with Gasteiger partial charge in [-0.15, -0.1) is 0 Å². The Kier molecular flexibility index (Phi) is 8.32. The van der Waals surface area contributed by atoms with Crippen molar-refractivity contribution in [1.82, 2.24) is 15.0 Å². The lowest BCUT2D eigenvalue weighted by molar-refractivity contribution is 0.122.